The highest BCUT2D eigenvalue weighted by atomic mass is 32.1. The fourth-order valence-electron chi connectivity index (χ4n) is 4.77. The van der Waals surface area contributed by atoms with Crippen LogP contribution in [0.1, 0.15) is 27.4 Å². The molecule has 1 aliphatic rings. The molecule has 5 aromatic rings. The summed E-state index contributed by atoms with van der Waals surface area (Å²) in [5.41, 5.74) is 11.0. The van der Waals surface area contributed by atoms with Gasteiger partial charge in [0, 0.05) is 62.6 Å². The van der Waals surface area contributed by atoms with E-state index in [0.29, 0.717) is 0 Å². The number of allylic oxidation sites excluding steroid dienone is 3. The number of hydrogen-bond donors (Lipinski definition) is 2. The number of hydrogen-bond acceptors (Lipinski definition) is 5. The molecule has 1 aliphatic heterocycles. The molecule has 0 fully saturated rings. The molecule has 0 spiro atoms. The molecule has 0 saturated heterocycles. The fourth-order valence-corrected chi connectivity index (χ4v) is 5.54. The zero-order valence-corrected chi connectivity index (χ0v) is 22.4. The maximum absolute atomic E-state index is 4.71. The van der Waals surface area contributed by atoms with Gasteiger partial charge in [0.25, 0.3) is 0 Å². The Bertz CT molecular complexity index is 1840. The van der Waals surface area contributed by atoms with Crippen molar-refractivity contribution in [2.75, 3.05) is 5.32 Å². The second kappa shape index (κ2) is 10.5. The Morgan fingerprint density at radius 3 is 2.67 bits per heavy atom. The highest BCUT2D eigenvalue weighted by Crippen LogP contribution is 2.32. The van der Waals surface area contributed by atoms with Crippen LogP contribution in [0.15, 0.2) is 121 Å². The number of H-pyrrole nitrogens is 1. The van der Waals surface area contributed by atoms with Crippen LogP contribution < -0.4 is 16.0 Å². The van der Waals surface area contributed by atoms with Gasteiger partial charge in [-0.25, -0.2) is 9.98 Å². The number of nitrogens with zero attached hydrogens (tertiary/aromatic N) is 3. The summed E-state index contributed by atoms with van der Waals surface area (Å²) >= 11 is 1.72. The smallest absolute Gasteiger partial charge is 0.162 e. The van der Waals surface area contributed by atoms with Crippen molar-refractivity contribution in [1.29, 1.82) is 0 Å². The van der Waals surface area contributed by atoms with Crippen molar-refractivity contribution in [2.45, 2.75) is 13.3 Å². The Labute approximate surface area is 231 Å². The predicted molar refractivity (Wildman–Crippen MR) is 161 cm³/mol. The Kier molecular flexibility index (Phi) is 6.61. The summed E-state index contributed by atoms with van der Waals surface area (Å²) in [6, 6.07) is 20.9. The van der Waals surface area contributed by atoms with Crippen molar-refractivity contribution in [3.63, 3.8) is 0 Å². The van der Waals surface area contributed by atoms with Gasteiger partial charge in [-0.2, -0.15) is 0 Å². The maximum Gasteiger partial charge on any atom is 0.162 e. The Morgan fingerprint density at radius 1 is 1.03 bits per heavy atom. The molecule has 0 aliphatic carbocycles. The van der Waals surface area contributed by atoms with Gasteiger partial charge in [0.1, 0.15) is 5.70 Å². The van der Waals surface area contributed by atoms with Crippen LogP contribution in [-0.4, -0.2) is 15.0 Å². The number of nitrogens with one attached hydrogen (secondary N) is 2. The van der Waals surface area contributed by atoms with E-state index in [1.54, 1.807) is 11.3 Å². The molecule has 0 saturated carbocycles. The molecule has 6 heteroatoms. The lowest BCUT2D eigenvalue weighted by molar-refractivity contribution is 1.04. The number of rotatable bonds is 9. The molecule has 0 bridgehead atoms. The fraction of sp³-hybridized carbons (Fsp3) is 0.0606. The summed E-state index contributed by atoms with van der Waals surface area (Å²) < 4.78 is 0. The molecule has 4 aromatic heterocycles. The first-order chi connectivity index (χ1) is 19.1. The van der Waals surface area contributed by atoms with E-state index in [0.717, 1.165) is 67.9 Å². The highest BCUT2D eigenvalue weighted by Gasteiger charge is 2.18. The standard InChI is InChI=1S/C33H27N5S/c1-4-9-27(31-12-8-13-39-31)28-17-30(37-22(28)3)32-29-16-25(19-35-33(29)38-32)24-15-26(20-34-18-24)36-21(2)14-23-10-6-5-7-11-23/h4-13,15-20,36-37H,1-2,14H2,3H3/b27-9+. The molecule has 0 radical (unpaired) electrons. The predicted octanol–water partition coefficient (Wildman–Crippen LogP) is 6.42. The van der Waals surface area contributed by atoms with Gasteiger partial charge in [0.2, 0.25) is 0 Å². The zero-order valence-electron chi connectivity index (χ0n) is 21.6. The van der Waals surface area contributed by atoms with Crippen LogP contribution in [0.5, 0.6) is 0 Å². The molecule has 0 atom stereocenters. The highest BCUT2D eigenvalue weighted by molar-refractivity contribution is 7.11. The SMILES string of the molecule is C=C/C=C(/c1cccs1)c1cc(C2=c3cc(-c4cncc(NC(=C)Cc5ccccc5)c4)cnc3=N2)[nH]c1C. The van der Waals surface area contributed by atoms with Crippen LogP contribution in [0.25, 0.3) is 22.4 Å². The minimum absolute atomic E-state index is 0.749. The third kappa shape index (κ3) is 5.02. The van der Waals surface area contributed by atoms with E-state index >= 15 is 0 Å². The monoisotopic (exact) mass is 525 g/mol. The molecule has 0 unspecified atom stereocenters. The number of fused-ring (bicyclic) bond motifs is 1. The van der Waals surface area contributed by atoms with E-state index in [1.807, 2.05) is 42.9 Å². The lowest BCUT2D eigenvalue weighted by atomic mass is 10.0. The molecule has 0 amide bonds. The first-order valence-electron chi connectivity index (χ1n) is 12.7. The van der Waals surface area contributed by atoms with E-state index in [9.17, 15) is 0 Å². The number of thiophene rings is 1. The lowest BCUT2D eigenvalue weighted by Crippen LogP contribution is -2.38. The zero-order chi connectivity index (χ0) is 26.8. The first kappa shape index (κ1) is 24.5. The Morgan fingerprint density at radius 2 is 1.87 bits per heavy atom. The van der Waals surface area contributed by atoms with Gasteiger partial charge >= 0.3 is 0 Å². The topological polar surface area (TPSA) is 66.0 Å². The number of aromatic amines is 1. The van der Waals surface area contributed by atoms with E-state index in [4.69, 9.17) is 4.99 Å². The normalized spacial score (nSPS) is 12.3. The van der Waals surface area contributed by atoms with E-state index in [1.165, 1.54) is 10.4 Å². The number of anilines is 1. The van der Waals surface area contributed by atoms with Gasteiger partial charge in [0.15, 0.2) is 5.49 Å². The largest absolute Gasteiger partial charge is 0.358 e. The van der Waals surface area contributed by atoms with Gasteiger partial charge in [0.05, 0.1) is 17.6 Å². The third-order valence-corrected chi connectivity index (χ3v) is 7.53. The molecule has 39 heavy (non-hydrogen) atoms. The van der Waals surface area contributed by atoms with Crippen LogP contribution in [-0.2, 0) is 6.42 Å². The number of pyridine rings is 2. The van der Waals surface area contributed by atoms with Crippen molar-refractivity contribution in [2.24, 2.45) is 4.99 Å². The molecule has 2 N–H and O–H groups in total. The molecular weight excluding hydrogens is 498 g/mol. The minimum Gasteiger partial charge on any atom is -0.358 e. The first-order valence-corrected chi connectivity index (χ1v) is 13.6. The average Bonchev–Trinajstić information content (AvgIpc) is 3.59. The van der Waals surface area contributed by atoms with Crippen molar-refractivity contribution in [3.8, 4) is 11.1 Å². The molecule has 6 rings (SSSR count). The van der Waals surface area contributed by atoms with E-state index < -0.39 is 0 Å². The summed E-state index contributed by atoms with van der Waals surface area (Å²) in [6.45, 7) is 10.2. The summed E-state index contributed by atoms with van der Waals surface area (Å²) in [7, 11) is 0. The van der Waals surface area contributed by atoms with Crippen LogP contribution in [0.3, 0.4) is 0 Å². The molecule has 5 nitrogen and oxygen atoms in total. The van der Waals surface area contributed by atoms with Crippen molar-refractivity contribution in [1.82, 2.24) is 15.0 Å². The quantitative estimate of drug-likeness (QED) is 0.218. The summed E-state index contributed by atoms with van der Waals surface area (Å²) in [5, 5.41) is 6.51. The number of benzene rings is 1. The molecular formula is C33H27N5S. The second-order valence-corrected chi connectivity index (χ2v) is 10.4. The van der Waals surface area contributed by atoms with Crippen LogP contribution in [0.4, 0.5) is 5.69 Å². The second-order valence-electron chi connectivity index (χ2n) is 9.42. The van der Waals surface area contributed by atoms with E-state index in [-0.39, 0.29) is 0 Å². The average molecular weight is 526 g/mol. The van der Waals surface area contributed by atoms with Crippen molar-refractivity contribution >= 4 is 28.3 Å². The third-order valence-electron chi connectivity index (χ3n) is 6.62. The van der Waals surface area contributed by atoms with Gasteiger partial charge in [-0.1, -0.05) is 61.7 Å². The van der Waals surface area contributed by atoms with Crippen LogP contribution in [0, 0.1) is 6.92 Å². The summed E-state index contributed by atoms with van der Waals surface area (Å²) in [4.78, 5) is 18.5. The van der Waals surface area contributed by atoms with Gasteiger partial charge < -0.3 is 10.3 Å². The Hall–Kier alpha value is -4.81. The molecule has 5 heterocycles. The lowest BCUT2D eigenvalue weighted by Gasteiger charge is -2.12. The van der Waals surface area contributed by atoms with Crippen LogP contribution >= 0.6 is 11.3 Å². The number of aromatic nitrogens is 3. The Balaban J connectivity index is 1.28. The van der Waals surface area contributed by atoms with E-state index in [2.05, 4.69) is 94.3 Å². The number of aryl methyl sites for hydroxylation is 1. The van der Waals surface area contributed by atoms with Crippen LogP contribution in [0.2, 0.25) is 0 Å². The van der Waals surface area contributed by atoms with Gasteiger partial charge in [-0.15, -0.1) is 11.3 Å². The van der Waals surface area contributed by atoms with Gasteiger partial charge in [-0.05, 0) is 42.1 Å². The molecule has 190 valence electrons. The summed E-state index contributed by atoms with van der Waals surface area (Å²) in [5.74, 6) is 0. The molecule has 1 aromatic carbocycles. The van der Waals surface area contributed by atoms with Gasteiger partial charge in [-0.3, -0.25) is 4.98 Å². The maximum atomic E-state index is 4.71. The summed E-state index contributed by atoms with van der Waals surface area (Å²) in [6.07, 6.45) is 10.2. The van der Waals surface area contributed by atoms with Crippen molar-refractivity contribution < 1.29 is 0 Å². The minimum atomic E-state index is 0.749. The van der Waals surface area contributed by atoms with Crippen molar-refractivity contribution in [3.05, 3.63) is 154 Å².